The molecule has 1 fully saturated rings. The molecule has 0 aliphatic carbocycles. The molecule has 3 aromatic rings. The van der Waals surface area contributed by atoms with Crippen LogP contribution >= 0.6 is 0 Å². The minimum atomic E-state index is -0.861. The maximum atomic E-state index is 11.7. The number of piperazine rings is 1. The fourth-order valence-corrected chi connectivity index (χ4v) is 5.69. The molecule has 1 aliphatic heterocycles. The molecule has 1 aromatic carbocycles. The van der Waals surface area contributed by atoms with Crippen LogP contribution in [-0.2, 0) is 13.1 Å². The number of carboxylic acid groups (broad SMARTS) is 1. The number of benzene rings is 1. The normalized spacial score (nSPS) is 17.1. The monoisotopic (exact) mass is 567 g/mol. The summed E-state index contributed by atoms with van der Waals surface area (Å²) in [4.78, 5) is 24.5. The number of nitrogens with two attached hydrogens (primary N) is 1. The Hall–Kier alpha value is -3.57. The molecule has 2 aromatic heterocycles. The summed E-state index contributed by atoms with van der Waals surface area (Å²) in [5.41, 5.74) is 9.64. The van der Waals surface area contributed by atoms with Gasteiger partial charge in [0.15, 0.2) is 5.82 Å². The topological polar surface area (TPSA) is 142 Å². The van der Waals surface area contributed by atoms with Crippen molar-refractivity contribution in [3.8, 4) is 5.75 Å². The number of nitrogens with zero attached hydrogens (tertiary/aromatic N) is 5. The Balaban J connectivity index is 1.62. The number of ether oxygens (including phenoxy) is 1. The van der Waals surface area contributed by atoms with E-state index in [-0.39, 0.29) is 30.1 Å². The molecule has 41 heavy (non-hydrogen) atoms. The lowest BCUT2D eigenvalue weighted by molar-refractivity contribution is 0.0150. The third-order valence-electron chi connectivity index (χ3n) is 7.93. The van der Waals surface area contributed by atoms with Gasteiger partial charge < -0.3 is 35.5 Å². The van der Waals surface area contributed by atoms with Crippen LogP contribution in [0.15, 0.2) is 30.5 Å². The summed E-state index contributed by atoms with van der Waals surface area (Å²) in [5, 5.41) is 22.9. The number of nitrogens with one attached hydrogen (secondary N) is 1. The van der Waals surface area contributed by atoms with Gasteiger partial charge in [0.2, 0.25) is 5.95 Å². The zero-order valence-corrected chi connectivity index (χ0v) is 24.9. The fourth-order valence-electron chi connectivity index (χ4n) is 5.69. The smallest absolute Gasteiger partial charge is 0.407 e. The molecule has 2 atom stereocenters. The molecule has 2 unspecified atom stereocenters. The average Bonchev–Trinajstić information content (AvgIpc) is 3.32. The molecule has 1 amide bonds. The molecule has 3 heterocycles. The van der Waals surface area contributed by atoms with Gasteiger partial charge in [-0.1, -0.05) is 46.6 Å². The van der Waals surface area contributed by atoms with Crippen molar-refractivity contribution in [2.24, 2.45) is 5.41 Å². The van der Waals surface area contributed by atoms with Gasteiger partial charge in [-0.25, -0.2) is 9.78 Å². The summed E-state index contributed by atoms with van der Waals surface area (Å²) >= 11 is 0. The number of nitrogen functional groups attached to an aromatic ring is 1. The van der Waals surface area contributed by atoms with Gasteiger partial charge in [-0.2, -0.15) is 4.98 Å². The summed E-state index contributed by atoms with van der Waals surface area (Å²) in [6.07, 6.45) is 3.97. The quantitative estimate of drug-likeness (QED) is 0.268. The van der Waals surface area contributed by atoms with E-state index in [1.54, 1.807) is 7.11 Å². The number of unbranched alkanes of at least 4 members (excludes halogenated alkanes) is 1. The van der Waals surface area contributed by atoms with Crippen molar-refractivity contribution in [3.63, 3.8) is 0 Å². The summed E-state index contributed by atoms with van der Waals surface area (Å²) in [5.74, 6) is 1.56. The van der Waals surface area contributed by atoms with Crippen molar-refractivity contribution >= 4 is 28.9 Å². The minimum absolute atomic E-state index is 0.00172. The van der Waals surface area contributed by atoms with Crippen LogP contribution in [0, 0.1) is 5.41 Å². The number of fused-ring (bicyclic) bond motifs is 1. The highest BCUT2D eigenvalue weighted by molar-refractivity contribution is 5.87. The van der Waals surface area contributed by atoms with Crippen molar-refractivity contribution in [2.75, 3.05) is 44.4 Å². The van der Waals surface area contributed by atoms with Gasteiger partial charge in [0, 0.05) is 44.0 Å². The molecule has 0 spiro atoms. The van der Waals surface area contributed by atoms with E-state index in [1.165, 1.54) is 4.90 Å². The van der Waals surface area contributed by atoms with Gasteiger partial charge >= 0.3 is 6.09 Å². The minimum Gasteiger partial charge on any atom is -0.496 e. The van der Waals surface area contributed by atoms with Crippen LogP contribution in [0.3, 0.4) is 0 Å². The molecule has 11 heteroatoms. The Kier molecular flexibility index (Phi) is 9.60. The van der Waals surface area contributed by atoms with Crippen LogP contribution in [0.4, 0.5) is 16.6 Å². The van der Waals surface area contributed by atoms with Gasteiger partial charge in [-0.15, -0.1) is 0 Å². The van der Waals surface area contributed by atoms with Gasteiger partial charge in [0.1, 0.15) is 11.3 Å². The van der Waals surface area contributed by atoms with E-state index in [0.29, 0.717) is 38.5 Å². The number of rotatable bonds is 11. The van der Waals surface area contributed by atoms with E-state index in [4.69, 9.17) is 10.5 Å². The van der Waals surface area contributed by atoms with Crippen LogP contribution in [0.2, 0.25) is 0 Å². The standard InChI is InChI=1S/C30H45N7O4/c1-6-7-8-22(19-38)32-27-26-23(33-28(31)34-27)11-12-36(26)17-21-15-20(9-10-24(21)41-5)16-35-13-14-37(29(39)40)18-25(35)30(2,3)4/h9-12,15,22,25,38H,6-8,13-14,16-19H2,1-5H3,(H,39,40)(H3,31,32,33,34). The molecule has 0 bridgehead atoms. The zero-order chi connectivity index (χ0) is 29.7. The van der Waals surface area contributed by atoms with Crippen LogP contribution in [0.25, 0.3) is 11.0 Å². The van der Waals surface area contributed by atoms with Gasteiger partial charge in [-0.3, -0.25) is 4.90 Å². The lowest BCUT2D eigenvalue weighted by atomic mass is 9.84. The molecule has 11 nitrogen and oxygen atoms in total. The second-order valence-corrected chi connectivity index (χ2v) is 12.0. The lowest BCUT2D eigenvalue weighted by Gasteiger charge is -2.46. The number of hydrogen-bond donors (Lipinski definition) is 4. The SMILES string of the molecule is CCCCC(CO)Nc1nc(N)nc2ccn(Cc3cc(CN4CCN(C(=O)O)CC4C(C)(C)C)ccc3OC)c12. The predicted octanol–water partition coefficient (Wildman–Crippen LogP) is 4.24. The van der Waals surface area contributed by atoms with Crippen LogP contribution in [0.5, 0.6) is 5.75 Å². The first kappa shape index (κ1) is 30.4. The van der Waals surface area contributed by atoms with Crippen LogP contribution in [0.1, 0.15) is 58.1 Å². The van der Waals surface area contributed by atoms with E-state index in [9.17, 15) is 15.0 Å². The van der Waals surface area contributed by atoms with Crippen LogP contribution in [-0.4, -0.2) is 86.1 Å². The van der Waals surface area contributed by atoms with Crippen molar-refractivity contribution in [3.05, 3.63) is 41.6 Å². The fraction of sp³-hybridized carbons (Fsp3) is 0.567. The van der Waals surface area contributed by atoms with Crippen molar-refractivity contribution in [1.29, 1.82) is 0 Å². The van der Waals surface area contributed by atoms with Gasteiger partial charge in [0.25, 0.3) is 0 Å². The Morgan fingerprint density at radius 1 is 1.22 bits per heavy atom. The number of methoxy groups -OCH3 is 1. The highest BCUT2D eigenvalue weighted by Gasteiger charge is 2.36. The van der Waals surface area contributed by atoms with E-state index >= 15 is 0 Å². The molecule has 5 N–H and O–H groups in total. The number of anilines is 2. The summed E-state index contributed by atoms with van der Waals surface area (Å²) in [6.45, 7) is 11.5. The second-order valence-electron chi connectivity index (χ2n) is 12.0. The molecular formula is C30H45N7O4. The number of hydrogen-bond acceptors (Lipinski definition) is 8. The Morgan fingerprint density at radius 3 is 2.66 bits per heavy atom. The third-order valence-corrected chi connectivity index (χ3v) is 7.93. The maximum absolute atomic E-state index is 11.7. The largest absolute Gasteiger partial charge is 0.496 e. The highest BCUT2D eigenvalue weighted by atomic mass is 16.5. The second kappa shape index (κ2) is 12.9. The van der Waals surface area contributed by atoms with E-state index in [0.717, 1.165) is 47.2 Å². The zero-order valence-electron chi connectivity index (χ0n) is 24.9. The molecule has 1 aliphatic rings. The Labute approximate surface area is 242 Å². The van der Waals surface area contributed by atoms with Gasteiger partial charge in [0.05, 0.1) is 31.8 Å². The first-order valence-electron chi connectivity index (χ1n) is 14.4. The molecule has 0 radical (unpaired) electrons. The van der Waals surface area contributed by atoms with Crippen molar-refractivity contribution in [2.45, 2.75) is 72.1 Å². The molecule has 0 saturated carbocycles. The molecule has 1 saturated heterocycles. The average molecular weight is 568 g/mol. The highest BCUT2D eigenvalue weighted by Crippen LogP contribution is 2.31. The van der Waals surface area contributed by atoms with Crippen molar-refractivity contribution in [1.82, 2.24) is 24.3 Å². The Morgan fingerprint density at radius 2 is 2.00 bits per heavy atom. The first-order valence-corrected chi connectivity index (χ1v) is 14.4. The predicted molar refractivity (Wildman–Crippen MR) is 161 cm³/mol. The third kappa shape index (κ3) is 7.20. The summed E-state index contributed by atoms with van der Waals surface area (Å²) < 4.78 is 7.82. The molecule has 224 valence electrons. The number of aliphatic hydroxyl groups excluding tert-OH is 1. The number of aliphatic hydroxyl groups is 1. The first-order chi connectivity index (χ1) is 19.5. The number of aromatic nitrogens is 3. The summed E-state index contributed by atoms with van der Waals surface area (Å²) in [6, 6.07) is 8.12. The van der Waals surface area contributed by atoms with Crippen molar-refractivity contribution < 1.29 is 19.7 Å². The van der Waals surface area contributed by atoms with E-state index < -0.39 is 6.09 Å². The maximum Gasteiger partial charge on any atom is 0.407 e. The molecular weight excluding hydrogens is 522 g/mol. The lowest BCUT2D eigenvalue weighted by Crippen LogP contribution is -2.58. The Bertz CT molecular complexity index is 1340. The van der Waals surface area contributed by atoms with Crippen LogP contribution < -0.4 is 15.8 Å². The summed E-state index contributed by atoms with van der Waals surface area (Å²) in [7, 11) is 1.67. The van der Waals surface area contributed by atoms with E-state index in [2.05, 4.69) is 64.6 Å². The molecule has 4 rings (SSSR count). The number of carbonyl (C=O) groups is 1. The number of amides is 1. The van der Waals surface area contributed by atoms with Gasteiger partial charge in [-0.05, 0) is 35.6 Å². The van der Waals surface area contributed by atoms with E-state index in [1.807, 2.05) is 18.3 Å².